The zero-order valence-electron chi connectivity index (χ0n) is 13.3. The summed E-state index contributed by atoms with van der Waals surface area (Å²) in [5.74, 6) is -1.80. The number of hydrogen-bond acceptors (Lipinski definition) is 4. The van der Waals surface area contributed by atoms with E-state index in [0.717, 1.165) is 0 Å². The van der Waals surface area contributed by atoms with Crippen molar-refractivity contribution in [1.29, 1.82) is 0 Å². The van der Waals surface area contributed by atoms with Gasteiger partial charge in [0.05, 0.1) is 0 Å². The molecule has 5 nitrogen and oxygen atoms in total. The molecule has 0 saturated heterocycles. The number of carbonyl (C=O) groups excluding carboxylic acids is 2. The molecule has 1 aromatic heterocycles. The minimum Gasteiger partial charge on any atom is -0.442 e. The van der Waals surface area contributed by atoms with Crippen molar-refractivity contribution in [3.05, 3.63) is 88.5 Å². The predicted molar refractivity (Wildman–Crippen MR) is 96.0 cm³/mol. The molecule has 3 rings (SSSR count). The first kappa shape index (κ1) is 17.9. The molecule has 7 heteroatoms. The molecule has 0 aliphatic rings. The van der Waals surface area contributed by atoms with Gasteiger partial charge in [-0.15, -0.1) is 0 Å². The quantitative estimate of drug-likeness (QED) is 0.609. The SMILES string of the molecule is O=C(OC(C(=O)Nc1ccc(F)cc1)c1ccccc1)c1ccc(Br)o1. The van der Waals surface area contributed by atoms with E-state index in [2.05, 4.69) is 21.2 Å². The second-order valence-corrected chi connectivity index (χ2v) is 6.08. The first-order valence-electron chi connectivity index (χ1n) is 7.60. The van der Waals surface area contributed by atoms with Gasteiger partial charge in [0, 0.05) is 11.3 Å². The third-order valence-corrected chi connectivity index (χ3v) is 3.88. The Morgan fingerprint density at radius 1 is 1.00 bits per heavy atom. The van der Waals surface area contributed by atoms with Crippen LogP contribution >= 0.6 is 15.9 Å². The number of nitrogens with one attached hydrogen (secondary N) is 1. The van der Waals surface area contributed by atoms with E-state index >= 15 is 0 Å². The zero-order valence-corrected chi connectivity index (χ0v) is 14.9. The third kappa shape index (κ3) is 4.37. The summed E-state index contributed by atoms with van der Waals surface area (Å²) in [6, 6.07) is 16.8. The fourth-order valence-corrected chi connectivity index (χ4v) is 2.54. The van der Waals surface area contributed by atoms with Crippen LogP contribution in [0.2, 0.25) is 0 Å². The highest BCUT2D eigenvalue weighted by Crippen LogP contribution is 2.23. The van der Waals surface area contributed by atoms with E-state index < -0.39 is 23.8 Å². The average Bonchev–Trinajstić information content (AvgIpc) is 3.08. The van der Waals surface area contributed by atoms with Crippen molar-refractivity contribution >= 4 is 33.5 Å². The van der Waals surface area contributed by atoms with Gasteiger partial charge >= 0.3 is 5.97 Å². The highest BCUT2D eigenvalue weighted by molar-refractivity contribution is 9.10. The number of halogens is 2. The molecule has 1 unspecified atom stereocenters. The van der Waals surface area contributed by atoms with Crippen molar-refractivity contribution in [1.82, 2.24) is 0 Å². The van der Waals surface area contributed by atoms with Crippen molar-refractivity contribution < 1.29 is 23.1 Å². The summed E-state index contributed by atoms with van der Waals surface area (Å²) < 4.78 is 23.9. The van der Waals surface area contributed by atoms with Crippen LogP contribution in [0, 0.1) is 5.82 Å². The van der Waals surface area contributed by atoms with Crippen LogP contribution in [0.5, 0.6) is 0 Å². The number of amides is 1. The number of carbonyl (C=O) groups is 2. The van der Waals surface area contributed by atoms with Crippen molar-refractivity contribution in [2.24, 2.45) is 0 Å². The first-order chi connectivity index (χ1) is 12.5. The van der Waals surface area contributed by atoms with E-state index in [1.807, 2.05) is 0 Å². The van der Waals surface area contributed by atoms with E-state index in [1.54, 1.807) is 36.4 Å². The lowest BCUT2D eigenvalue weighted by Crippen LogP contribution is -2.25. The number of benzene rings is 2. The number of ether oxygens (including phenoxy) is 1. The van der Waals surface area contributed by atoms with Crippen LogP contribution in [0.3, 0.4) is 0 Å². The minimum atomic E-state index is -1.20. The molecular formula is C19H13BrFNO4. The van der Waals surface area contributed by atoms with E-state index in [1.165, 1.54) is 30.3 Å². The Labute approximate surface area is 156 Å². The highest BCUT2D eigenvalue weighted by atomic mass is 79.9. The Kier molecular flexibility index (Phi) is 5.48. The van der Waals surface area contributed by atoms with Crippen LogP contribution in [0.1, 0.15) is 22.2 Å². The number of hydrogen-bond donors (Lipinski definition) is 1. The number of furan rings is 1. The molecule has 0 aliphatic carbocycles. The Hall–Kier alpha value is -2.93. The molecule has 1 amide bonds. The molecular weight excluding hydrogens is 405 g/mol. The molecule has 132 valence electrons. The third-order valence-electron chi connectivity index (χ3n) is 3.45. The molecule has 0 fully saturated rings. The van der Waals surface area contributed by atoms with Gasteiger partial charge in [-0.2, -0.15) is 0 Å². The maximum Gasteiger partial charge on any atom is 0.375 e. The topological polar surface area (TPSA) is 68.5 Å². The van der Waals surface area contributed by atoms with Gasteiger partial charge in [-0.25, -0.2) is 9.18 Å². The predicted octanol–water partition coefficient (Wildman–Crippen LogP) is 4.72. The lowest BCUT2D eigenvalue weighted by Gasteiger charge is -2.17. The minimum absolute atomic E-state index is 0.0348. The summed E-state index contributed by atoms with van der Waals surface area (Å²) in [5, 5.41) is 2.61. The molecule has 26 heavy (non-hydrogen) atoms. The van der Waals surface area contributed by atoms with Gasteiger partial charge in [0.25, 0.3) is 5.91 Å². The van der Waals surface area contributed by atoms with Crippen molar-refractivity contribution in [2.45, 2.75) is 6.10 Å². The van der Waals surface area contributed by atoms with E-state index in [0.29, 0.717) is 15.9 Å². The second-order valence-electron chi connectivity index (χ2n) is 5.30. The van der Waals surface area contributed by atoms with Crippen LogP contribution in [-0.4, -0.2) is 11.9 Å². The summed E-state index contributed by atoms with van der Waals surface area (Å²) in [4.78, 5) is 24.9. The molecule has 1 atom stereocenters. The largest absolute Gasteiger partial charge is 0.442 e. The van der Waals surface area contributed by atoms with Crippen LogP contribution in [0.4, 0.5) is 10.1 Å². The normalized spacial score (nSPS) is 11.6. The summed E-state index contributed by atoms with van der Waals surface area (Å²) in [7, 11) is 0. The Morgan fingerprint density at radius 2 is 1.69 bits per heavy atom. The van der Waals surface area contributed by atoms with Crippen LogP contribution in [-0.2, 0) is 9.53 Å². The highest BCUT2D eigenvalue weighted by Gasteiger charge is 2.27. The standard InChI is InChI=1S/C19H13BrFNO4/c20-16-11-10-15(25-16)19(24)26-17(12-4-2-1-3-5-12)18(23)22-14-8-6-13(21)7-9-14/h1-11,17H,(H,22,23). The van der Waals surface area contributed by atoms with Gasteiger partial charge in [-0.05, 0) is 52.3 Å². The fourth-order valence-electron chi connectivity index (χ4n) is 2.23. The maximum absolute atomic E-state index is 13.0. The molecule has 3 aromatic rings. The van der Waals surface area contributed by atoms with Gasteiger partial charge < -0.3 is 14.5 Å². The number of anilines is 1. The average molecular weight is 418 g/mol. The molecule has 0 radical (unpaired) electrons. The summed E-state index contributed by atoms with van der Waals surface area (Å²) in [6.07, 6.45) is -1.20. The Morgan fingerprint density at radius 3 is 2.31 bits per heavy atom. The molecule has 1 heterocycles. The van der Waals surface area contributed by atoms with Gasteiger partial charge in [-0.1, -0.05) is 30.3 Å². The monoisotopic (exact) mass is 417 g/mol. The molecule has 0 saturated carbocycles. The molecule has 1 N–H and O–H groups in total. The van der Waals surface area contributed by atoms with Gasteiger partial charge in [0.1, 0.15) is 5.82 Å². The van der Waals surface area contributed by atoms with Gasteiger partial charge in [-0.3, -0.25) is 4.79 Å². The Bertz CT molecular complexity index is 909. The smallest absolute Gasteiger partial charge is 0.375 e. The Balaban J connectivity index is 1.82. The fraction of sp³-hybridized carbons (Fsp3) is 0.0526. The number of esters is 1. The van der Waals surface area contributed by atoms with Crippen LogP contribution in [0.25, 0.3) is 0 Å². The molecule has 2 aromatic carbocycles. The number of rotatable bonds is 5. The molecule has 0 bridgehead atoms. The lowest BCUT2D eigenvalue weighted by atomic mass is 10.1. The van der Waals surface area contributed by atoms with Gasteiger partial charge in [0.2, 0.25) is 11.9 Å². The zero-order chi connectivity index (χ0) is 18.5. The van der Waals surface area contributed by atoms with Crippen molar-refractivity contribution in [2.75, 3.05) is 5.32 Å². The van der Waals surface area contributed by atoms with E-state index in [-0.39, 0.29) is 5.76 Å². The van der Waals surface area contributed by atoms with Crippen molar-refractivity contribution in [3.63, 3.8) is 0 Å². The summed E-state index contributed by atoms with van der Waals surface area (Å²) in [6.45, 7) is 0. The van der Waals surface area contributed by atoms with Crippen molar-refractivity contribution in [3.8, 4) is 0 Å². The van der Waals surface area contributed by atoms with Gasteiger partial charge in [0.15, 0.2) is 4.67 Å². The lowest BCUT2D eigenvalue weighted by molar-refractivity contribution is -0.125. The first-order valence-corrected chi connectivity index (χ1v) is 8.40. The molecule has 0 aliphatic heterocycles. The summed E-state index contributed by atoms with van der Waals surface area (Å²) in [5.41, 5.74) is 0.875. The van der Waals surface area contributed by atoms with Crippen LogP contribution < -0.4 is 5.32 Å². The summed E-state index contributed by atoms with van der Waals surface area (Å²) >= 11 is 3.11. The van der Waals surface area contributed by atoms with E-state index in [4.69, 9.17) is 9.15 Å². The van der Waals surface area contributed by atoms with E-state index in [9.17, 15) is 14.0 Å². The second kappa shape index (κ2) is 7.97. The maximum atomic E-state index is 13.0. The van der Waals surface area contributed by atoms with Crippen LogP contribution in [0.15, 0.2) is 75.8 Å². The molecule has 0 spiro atoms.